The molecule has 3 aromatic heterocycles. The summed E-state index contributed by atoms with van der Waals surface area (Å²) in [5, 5.41) is 11.3. The number of amides is 1. The molecule has 0 spiro atoms. The highest BCUT2D eigenvalue weighted by Gasteiger charge is 2.21. The van der Waals surface area contributed by atoms with Crippen LogP contribution in [0.5, 0.6) is 0 Å². The van der Waals surface area contributed by atoms with Crippen molar-refractivity contribution in [1.82, 2.24) is 25.1 Å². The lowest BCUT2D eigenvalue weighted by Crippen LogP contribution is -2.37. The monoisotopic (exact) mass is 336 g/mol. The van der Waals surface area contributed by atoms with Crippen LogP contribution in [0.4, 0.5) is 5.82 Å². The Kier molecular flexibility index (Phi) is 4.15. The van der Waals surface area contributed by atoms with Gasteiger partial charge in [0.2, 0.25) is 5.91 Å². The standard InChI is InChI=1S/C18H20N6O/c1-24-11-14(10-21-24)15-5-4-12-9-20-17(7-16(12)22-15)23-18(25)13-3-2-6-19-8-13/h4-5,7,9-11,13,19H,2-3,6,8H2,1H3,(H,20,23,25)/t13-/m0/s1. The summed E-state index contributed by atoms with van der Waals surface area (Å²) >= 11 is 0. The second-order valence-corrected chi connectivity index (χ2v) is 6.39. The molecule has 128 valence electrons. The minimum Gasteiger partial charge on any atom is -0.316 e. The first kappa shape index (κ1) is 15.7. The number of nitrogens with zero attached hydrogens (tertiary/aromatic N) is 4. The molecule has 1 fully saturated rings. The fraction of sp³-hybridized carbons (Fsp3) is 0.333. The molecule has 1 atom stereocenters. The number of aromatic nitrogens is 4. The Hall–Kier alpha value is -2.80. The fourth-order valence-electron chi connectivity index (χ4n) is 3.10. The van der Waals surface area contributed by atoms with E-state index in [9.17, 15) is 4.79 Å². The zero-order chi connectivity index (χ0) is 17.2. The molecule has 0 saturated carbocycles. The third-order valence-corrected chi connectivity index (χ3v) is 4.49. The maximum Gasteiger partial charge on any atom is 0.229 e. The Morgan fingerprint density at radius 2 is 2.28 bits per heavy atom. The lowest BCUT2D eigenvalue weighted by molar-refractivity contribution is -0.120. The van der Waals surface area contributed by atoms with Gasteiger partial charge in [-0.3, -0.25) is 9.48 Å². The zero-order valence-electron chi connectivity index (χ0n) is 14.1. The number of piperidine rings is 1. The van der Waals surface area contributed by atoms with Crippen LogP contribution in [-0.2, 0) is 11.8 Å². The van der Waals surface area contributed by atoms with Gasteiger partial charge in [-0.05, 0) is 31.5 Å². The number of nitrogens with one attached hydrogen (secondary N) is 2. The van der Waals surface area contributed by atoms with Gasteiger partial charge in [-0.15, -0.1) is 0 Å². The van der Waals surface area contributed by atoms with Gasteiger partial charge < -0.3 is 10.6 Å². The van der Waals surface area contributed by atoms with Crippen LogP contribution in [-0.4, -0.2) is 38.7 Å². The highest BCUT2D eigenvalue weighted by atomic mass is 16.2. The molecule has 0 bridgehead atoms. The molecule has 25 heavy (non-hydrogen) atoms. The molecule has 1 aliphatic rings. The zero-order valence-corrected chi connectivity index (χ0v) is 14.1. The second kappa shape index (κ2) is 6.60. The van der Waals surface area contributed by atoms with Crippen LogP contribution in [0, 0.1) is 5.92 Å². The SMILES string of the molecule is Cn1cc(-c2ccc3cnc(NC(=O)[C@H]4CCCNC4)cc3n2)cn1. The maximum absolute atomic E-state index is 12.4. The molecule has 1 aliphatic heterocycles. The molecule has 0 unspecified atom stereocenters. The van der Waals surface area contributed by atoms with Gasteiger partial charge in [0.1, 0.15) is 5.82 Å². The number of hydrogen-bond donors (Lipinski definition) is 2. The quantitative estimate of drug-likeness (QED) is 0.764. The van der Waals surface area contributed by atoms with Crippen LogP contribution >= 0.6 is 0 Å². The Morgan fingerprint density at radius 3 is 3.04 bits per heavy atom. The van der Waals surface area contributed by atoms with E-state index < -0.39 is 0 Å². The van der Waals surface area contributed by atoms with Crippen LogP contribution in [0.2, 0.25) is 0 Å². The topological polar surface area (TPSA) is 84.7 Å². The Morgan fingerprint density at radius 1 is 1.36 bits per heavy atom. The largest absolute Gasteiger partial charge is 0.316 e. The number of rotatable bonds is 3. The Balaban J connectivity index is 1.59. The number of pyridine rings is 2. The summed E-state index contributed by atoms with van der Waals surface area (Å²) in [6.07, 6.45) is 7.39. The first-order chi connectivity index (χ1) is 12.2. The van der Waals surface area contributed by atoms with Gasteiger partial charge in [0, 0.05) is 43.0 Å². The van der Waals surface area contributed by atoms with Crippen LogP contribution in [0.1, 0.15) is 12.8 Å². The van der Waals surface area contributed by atoms with Crippen molar-refractivity contribution in [3.63, 3.8) is 0 Å². The van der Waals surface area contributed by atoms with Gasteiger partial charge in [0.15, 0.2) is 0 Å². The van der Waals surface area contributed by atoms with Crippen molar-refractivity contribution in [2.75, 3.05) is 18.4 Å². The average molecular weight is 336 g/mol. The van der Waals surface area contributed by atoms with E-state index in [1.54, 1.807) is 17.1 Å². The van der Waals surface area contributed by atoms with E-state index in [1.165, 1.54) is 0 Å². The number of carbonyl (C=O) groups excluding carboxylic acids is 1. The van der Waals surface area contributed by atoms with E-state index >= 15 is 0 Å². The van der Waals surface area contributed by atoms with Crippen molar-refractivity contribution >= 4 is 22.6 Å². The fourth-order valence-corrected chi connectivity index (χ4v) is 3.10. The van der Waals surface area contributed by atoms with Crippen molar-refractivity contribution in [3.05, 3.63) is 36.8 Å². The normalized spacial score (nSPS) is 17.6. The van der Waals surface area contributed by atoms with E-state index in [0.717, 1.165) is 48.1 Å². The molecule has 4 heterocycles. The van der Waals surface area contributed by atoms with Gasteiger partial charge in [-0.25, -0.2) is 9.97 Å². The lowest BCUT2D eigenvalue weighted by atomic mass is 9.99. The van der Waals surface area contributed by atoms with E-state index in [-0.39, 0.29) is 11.8 Å². The van der Waals surface area contributed by atoms with Crippen molar-refractivity contribution in [2.45, 2.75) is 12.8 Å². The Labute approximate surface area is 145 Å². The van der Waals surface area contributed by atoms with E-state index in [4.69, 9.17) is 0 Å². The van der Waals surface area contributed by atoms with E-state index in [0.29, 0.717) is 5.82 Å². The van der Waals surface area contributed by atoms with Gasteiger partial charge >= 0.3 is 0 Å². The molecular formula is C18H20N6O. The summed E-state index contributed by atoms with van der Waals surface area (Å²) in [4.78, 5) is 21.4. The summed E-state index contributed by atoms with van der Waals surface area (Å²) in [5.74, 6) is 0.558. The molecule has 4 rings (SSSR count). The van der Waals surface area contributed by atoms with Crippen LogP contribution in [0.25, 0.3) is 22.2 Å². The van der Waals surface area contributed by atoms with Gasteiger partial charge in [-0.2, -0.15) is 5.10 Å². The summed E-state index contributed by atoms with van der Waals surface area (Å²) in [5.41, 5.74) is 2.61. The van der Waals surface area contributed by atoms with Crippen molar-refractivity contribution in [1.29, 1.82) is 0 Å². The summed E-state index contributed by atoms with van der Waals surface area (Å²) < 4.78 is 1.75. The van der Waals surface area contributed by atoms with Crippen LogP contribution in [0.15, 0.2) is 36.8 Å². The third kappa shape index (κ3) is 3.36. The smallest absolute Gasteiger partial charge is 0.229 e. The summed E-state index contributed by atoms with van der Waals surface area (Å²) in [6.45, 7) is 1.71. The van der Waals surface area contributed by atoms with Gasteiger partial charge in [-0.1, -0.05) is 0 Å². The minimum absolute atomic E-state index is 0.000864. The molecule has 1 amide bonds. The molecule has 0 aromatic carbocycles. The van der Waals surface area contributed by atoms with Crippen LogP contribution in [0.3, 0.4) is 0 Å². The average Bonchev–Trinajstić information content (AvgIpc) is 3.08. The first-order valence-corrected chi connectivity index (χ1v) is 8.46. The van der Waals surface area contributed by atoms with E-state index in [1.807, 2.05) is 31.4 Å². The molecular weight excluding hydrogens is 316 g/mol. The third-order valence-electron chi connectivity index (χ3n) is 4.49. The number of fused-ring (bicyclic) bond motifs is 1. The van der Waals surface area contributed by atoms with E-state index in [2.05, 4.69) is 25.7 Å². The summed E-state index contributed by atoms with van der Waals surface area (Å²) in [7, 11) is 1.88. The predicted molar refractivity (Wildman–Crippen MR) is 96.0 cm³/mol. The van der Waals surface area contributed by atoms with Crippen molar-refractivity contribution in [3.8, 4) is 11.3 Å². The van der Waals surface area contributed by atoms with Crippen LogP contribution < -0.4 is 10.6 Å². The second-order valence-electron chi connectivity index (χ2n) is 6.39. The predicted octanol–water partition coefficient (Wildman–Crippen LogP) is 1.97. The number of hydrogen-bond acceptors (Lipinski definition) is 5. The molecule has 2 N–H and O–H groups in total. The van der Waals surface area contributed by atoms with Crippen molar-refractivity contribution < 1.29 is 4.79 Å². The minimum atomic E-state index is 0.000864. The molecule has 7 heteroatoms. The highest BCUT2D eigenvalue weighted by Crippen LogP contribution is 2.22. The molecule has 3 aromatic rings. The van der Waals surface area contributed by atoms with Gasteiger partial charge in [0.25, 0.3) is 0 Å². The first-order valence-electron chi connectivity index (χ1n) is 8.46. The Bertz CT molecular complexity index is 913. The molecule has 0 aliphatic carbocycles. The lowest BCUT2D eigenvalue weighted by Gasteiger charge is -2.21. The maximum atomic E-state index is 12.4. The molecule has 7 nitrogen and oxygen atoms in total. The summed E-state index contributed by atoms with van der Waals surface area (Å²) in [6, 6.07) is 5.75. The number of aryl methyl sites for hydroxylation is 1. The van der Waals surface area contributed by atoms with Gasteiger partial charge in [0.05, 0.1) is 23.3 Å². The molecule has 1 saturated heterocycles. The molecule has 0 radical (unpaired) electrons. The van der Waals surface area contributed by atoms with Crippen molar-refractivity contribution in [2.24, 2.45) is 13.0 Å². The number of carbonyl (C=O) groups is 1. The number of anilines is 1. The highest BCUT2D eigenvalue weighted by molar-refractivity contribution is 5.93.